The van der Waals surface area contributed by atoms with E-state index in [0.717, 1.165) is 6.04 Å². The van der Waals surface area contributed by atoms with Gasteiger partial charge in [0.05, 0.1) is 0 Å². The molecule has 2 rings (SSSR count). The van der Waals surface area contributed by atoms with Crippen LogP contribution >= 0.6 is 0 Å². The lowest BCUT2D eigenvalue weighted by Gasteiger charge is -2.51. The second-order valence-electron chi connectivity index (χ2n) is 4.92. The number of hydrogen-bond donors (Lipinski definition) is 1. The van der Waals surface area contributed by atoms with E-state index in [2.05, 4.69) is 24.2 Å². The maximum Gasteiger partial charge on any atom is 0.0192 e. The lowest BCUT2D eigenvalue weighted by molar-refractivity contribution is 0.00814. The van der Waals surface area contributed by atoms with Crippen LogP contribution in [0.2, 0.25) is 0 Å². The molecule has 1 saturated carbocycles. The molecule has 76 valence electrons. The lowest BCUT2D eigenvalue weighted by atomic mass is 9.76. The Kier molecular flexibility index (Phi) is 2.61. The van der Waals surface area contributed by atoms with Crippen LogP contribution in [0.15, 0.2) is 0 Å². The van der Waals surface area contributed by atoms with Gasteiger partial charge in [-0.15, -0.1) is 0 Å². The fourth-order valence-electron chi connectivity index (χ4n) is 2.71. The molecule has 0 aromatic heterocycles. The highest BCUT2D eigenvalue weighted by molar-refractivity contribution is 4.96. The van der Waals surface area contributed by atoms with Gasteiger partial charge in [-0.05, 0) is 52.6 Å². The number of likely N-dealkylation sites (N-methyl/N-ethyl adjacent to an activating group) is 1. The van der Waals surface area contributed by atoms with Gasteiger partial charge in [-0.1, -0.05) is 0 Å². The van der Waals surface area contributed by atoms with Crippen molar-refractivity contribution in [2.75, 3.05) is 20.1 Å². The molecule has 2 fully saturated rings. The minimum absolute atomic E-state index is 0.565. The van der Waals surface area contributed by atoms with Crippen LogP contribution < -0.4 is 5.32 Å². The zero-order chi connectivity index (χ0) is 9.31. The molecule has 0 aromatic carbocycles. The maximum absolute atomic E-state index is 3.41. The van der Waals surface area contributed by atoms with Crippen molar-refractivity contribution < 1.29 is 0 Å². The highest BCUT2D eigenvalue weighted by Gasteiger charge is 2.39. The number of rotatable bonds is 2. The van der Waals surface area contributed by atoms with E-state index in [1.165, 1.54) is 45.2 Å². The van der Waals surface area contributed by atoms with E-state index >= 15 is 0 Å². The molecule has 0 radical (unpaired) electrons. The second kappa shape index (κ2) is 3.58. The summed E-state index contributed by atoms with van der Waals surface area (Å²) in [6.45, 7) is 5.04. The predicted octanol–water partition coefficient (Wildman–Crippen LogP) is 1.61. The summed E-state index contributed by atoms with van der Waals surface area (Å²) in [6.07, 6.45) is 7.02. The van der Waals surface area contributed by atoms with Gasteiger partial charge < -0.3 is 5.32 Å². The van der Waals surface area contributed by atoms with Gasteiger partial charge in [0.2, 0.25) is 0 Å². The Balaban J connectivity index is 1.91. The third-order valence-electron chi connectivity index (χ3n) is 4.02. The molecule has 0 aromatic rings. The van der Waals surface area contributed by atoms with Gasteiger partial charge in [0, 0.05) is 18.1 Å². The average molecular weight is 182 g/mol. The fraction of sp³-hybridized carbons (Fsp3) is 1.00. The molecule has 1 unspecified atom stereocenters. The molecule has 13 heavy (non-hydrogen) atoms. The van der Waals surface area contributed by atoms with Gasteiger partial charge in [-0.3, -0.25) is 4.90 Å². The minimum Gasteiger partial charge on any atom is -0.316 e. The summed E-state index contributed by atoms with van der Waals surface area (Å²) in [4.78, 5) is 2.71. The van der Waals surface area contributed by atoms with Gasteiger partial charge in [-0.25, -0.2) is 0 Å². The first kappa shape index (κ1) is 9.47. The van der Waals surface area contributed by atoms with Crippen LogP contribution in [0.3, 0.4) is 0 Å². The van der Waals surface area contributed by atoms with E-state index in [1.807, 2.05) is 0 Å². The number of nitrogens with one attached hydrogen (secondary N) is 1. The molecule has 1 N–H and O–H groups in total. The maximum atomic E-state index is 3.41. The van der Waals surface area contributed by atoms with Crippen molar-refractivity contribution in [3.05, 3.63) is 0 Å². The molecule has 1 atom stereocenters. The molecule has 1 aliphatic carbocycles. The first-order chi connectivity index (χ1) is 6.24. The summed E-state index contributed by atoms with van der Waals surface area (Å²) in [5.41, 5.74) is 0.565. The van der Waals surface area contributed by atoms with Crippen molar-refractivity contribution in [3.8, 4) is 0 Å². The molecule has 1 saturated heterocycles. The van der Waals surface area contributed by atoms with Gasteiger partial charge in [0.1, 0.15) is 0 Å². The standard InChI is InChI=1S/C11H22N2/c1-11(6-4-7-11)13-8-3-5-10(9-13)12-2/h10,12H,3-9H2,1-2H3. The average Bonchev–Trinajstić information content (AvgIpc) is 2.14. The van der Waals surface area contributed by atoms with E-state index in [4.69, 9.17) is 0 Å². The van der Waals surface area contributed by atoms with Crippen molar-refractivity contribution in [2.24, 2.45) is 0 Å². The Hall–Kier alpha value is -0.0800. The van der Waals surface area contributed by atoms with Crippen molar-refractivity contribution in [3.63, 3.8) is 0 Å². The molecule has 2 heteroatoms. The molecule has 0 spiro atoms. The SMILES string of the molecule is CNC1CCCN(C2(C)CCC2)C1. The molecular weight excluding hydrogens is 160 g/mol. The summed E-state index contributed by atoms with van der Waals surface area (Å²) >= 11 is 0. The molecular formula is C11H22N2. The number of likely N-dealkylation sites (tertiary alicyclic amines) is 1. The molecule has 0 bridgehead atoms. The number of piperidine rings is 1. The first-order valence-corrected chi connectivity index (χ1v) is 5.67. The minimum atomic E-state index is 0.565. The summed E-state index contributed by atoms with van der Waals surface area (Å²) in [5, 5.41) is 3.41. The van der Waals surface area contributed by atoms with E-state index in [1.54, 1.807) is 0 Å². The third-order valence-corrected chi connectivity index (χ3v) is 4.02. The predicted molar refractivity (Wildman–Crippen MR) is 55.9 cm³/mol. The number of hydrogen-bond acceptors (Lipinski definition) is 2. The smallest absolute Gasteiger partial charge is 0.0192 e. The van der Waals surface area contributed by atoms with Crippen molar-refractivity contribution in [1.82, 2.24) is 10.2 Å². The quantitative estimate of drug-likeness (QED) is 0.698. The Bertz CT molecular complexity index is 175. The van der Waals surface area contributed by atoms with Gasteiger partial charge in [0.25, 0.3) is 0 Å². The molecule has 2 aliphatic rings. The van der Waals surface area contributed by atoms with Crippen LogP contribution in [-0.4, -0.2) is 36.6 Å². The summed E-state index contributed by atoms with van der Waals surface area (Å²) < 4.78 is 0. The largest absolute Gasteiger partial charge is 0.316 e. The lowest BCUT2D eigenvalue weighted by Crippen LogP contribution is -2.57. The summed E-state index contributed by atoms with van der Waals surface area (Å²) in [5.74, 6) is 0. The van der Waals surface area contributed by atoms with Crippen LogP contribution in [-0.2, 0) is 0 Å². The van der Waals surface area contributed by atoms with Crippen LogP contribution in [0.5, 0.6) is 0 Å². The highest BCUT2D eigenvalue weighted by atomic mass is 15.2. The third kappa shape index (κ3) is 1.75. The Morgan fingerprint density at radius 3 is 2.62 bits per heavy atom. The first-order valence-electron chi connectivity index (χ1n) is 5.67. The summed E-state index contributed by atoms with van der Waals surface area (Å²) in [7, 11) is 2.09. The number of nitrogens with zero attached hydrogens (tertiary/aromatic N) is 1. The Morgan fingerprint density at radius 1 is 1.31 bits per heavy atom. The van der Waals surface area contributed by atoms with Gasteiger partial charge in [-0.2, -0.15) is 0 Å². The van der Waals surface area contributed by atoms with Crippen LogP contribution in [0.25, 0.3) is 0 Å². The van der Waals surface area contributed by atoms with Crippen LogP contribution in [0, 0.1) is 0 Å². The Morgan fingerprint density at radius 2 is 2.08 bits per heavy atom. The monoisotopic (exact) mass is 182 g/mol. The normalized spacial score (nSPS) is 34.2. The zero-order valence-corrected chi connectivity index (χ0v) is 8.97. The Labute approximate surface area is 81.7 Å². The molecule has 1 aliphatic heterocycles. The van der Waals surface area contributed by atoms with Crippen molar-refractivity contribution in [2.45, 2.75) is 50.6 Å². The zero-order valence-electron chi connectivity index (χ0n) is 8.97. The highest BCUT2D eigenvalue weighted by Crippen LogP contribution is 2.38. The van der Waals surface area contributed by atoms with E-state index < -0.39 is 0 Å². The van der Waals surface area contributed by atoms with E-state index in [0.29, 0.717) is 5.54 Å². The summed E-state index contributed by atoms with van der Waals surface area (Å²) in [6, 6.07) is 0.742. The molecule has 0 amide bonds. The fourth-order valence-corrected chi connectivity index (χ4v) is 2.71. The second-order valence-corrected chi connectivity index (χ2v) is 4.92. The van der Waals surface area contributed by atoms with Crippen molar-refractivity contribution in [1.29, 1.82) is 0 Å². The van der Waals surface area contributed by atoms with E-state index in [9.17, 15) is 0 Å². The van der Waals surface area contributed by atoms with Crippen molar-refractivity contribution >= 4 is 0 Å². The van der Waals surface area contributed by atoms with E-state index in [-0.39, 0.29) is 0 Å². The van der Waals surface area contributed by atoms with Crippen LogP contribution in [0.4, 0.5) is 0 Å². The molecule has 1 heterocycles. The van der Waals surface area contributed by atoms with Gasteiger partial charge in [0.15, 0.2) is 0 Å². The molecule has 2 nitrogen and oxygen atoms in total. The van der Waals surface area contributed by atoms with Gasteiger partial charge >= 0.3 is 0 Å². The van der Waals surface area contributed by atoms with Crippen LogP contribution in [0.1, 0.15) is 39.0 Å². The topological polar surface area (TPSA) is 15.3 Å².